The van der Waals surface area contributed by atoms with Gasteiger partial charge in [0.1, 0.15) is 0 Å². The molecule has 1 atom stereocenters. The number of rotatable bonds is 0. The molecule has 0 spiro atoms. The maximum absolute atomic E-state index is 2.38. The summed E-state index contributed by atoms with van der Waals surface area (Å²) in [5.41, 5.74) is 0. The number of hydrogen-bond donors (Lipinski definition) is 0. The summed E-state index contributed by atoms with van der Waals surface area (Å²) in [5, 5.41) is 0. The van der Waals surface area contributed by atoms with E-state index < -0.39 is 0 Å². The fourth-order valence-electron chi connectivity index (χ4n) is 1.85. The van der Waals surface area contributed by atoms with E-state index in [9.17, 15) is 0 Å². The minimum Gasteiger partial charge on any atom is -0.0885 e. The first-order chi connectivity index (χ1) is 5.89. The van der Waals surface area contributed by atoms with Crippen molar-refractivity contribution in [3.8, 4) is 0 Å². The van der Waals surface area contributed by atoms with Gasteiger partial charge in [0.15, 0.2) is 0 Å². The van der Waals surface area contributed by atoms with E-state index in [-0.39, 0.29) is 0 Å². The van der Waals surface area contributed by atoms with Crippen LogP contribution in [0.4, 0.5) is 0 Å². The van der Waals surface area contributed by atoms with Crippen molar-refractivity contribution in [1.29, 1.82) is 0 Å². The molecule has 0 nitrogen and oxygen atoms in total. The lowest BCUT2D eigenvalue weighted by molar-refractivity contribution is 0.492. The van der Waals surface area contributed by atoms with Crippen LogP contribution in [0.3, 0.4) is 0 Å². The number of hydrogen-bond acceptors (Lipinski definition) is 0. The highest BCUT2D eigenvalue weighted by Crippen LogP contribution is 2.16. The second-order valence-corrected chi connectivity index (χ2v) is 4.16. The smallest absolute Gasteiger partial charge is 0.0325 e. The zero-order valence-electron chi connectivity index (χ0n) is 8.39. The van der Waals surface area contributed by atoms with Crippen LogP contribution in [0.1, 0.15) is 58.3 Å². The largest absolute Gasteiger partial charge is 0.0885 e. The Morgan fingerprint density at radius 3 is 2.58 bits per heavy atom. The van der Waals surface area contributed by atoms with E-state index in [2.05, 4.69) is 19.1 Å². The lowest BCUT2D eigenvalue weighted by Crippen LogP contribution is -1.91. The predicted molar refractivity (Wildman–Crippen MR) is 55.2 cm³/mol. The quantitative estimate of drug-likeness (QED) is 0.470. The van der Waals surface area contributed by atoms with Gasteiger partial charge in [0.2, 0.25) is 0 Å². The molecule has 0 heterocycles. The molecule has 0 radical (unpaired) electrons. The normalized spacial score (nSPS) is 27.9. The highest BCUT2D eigenvalue weighted by atomic mass is 14.1. The van der Waals surface area contributed by atoms with Crippen LogP contribution in [0.25, 0.3) is 0 Å². The van der Waals surface area contributed by atoms with Gasteiger partial charge in [-0.1, -0.05) is 51.2 Å². The van der Waals surface area contributed by atoms with Crippen molar-refractivity contribution in [1.82, 2.24) is 0 Å². The molecule has 1 aliphatic rings. The van der Waals surface area contributed by atoms with Gasteiger partial charge in [0, 0.05) is 0 Å². The average molecular weight is 166 g/mol. The molecule has 0 amide bonds. The predicted octanol–water partition coefficient (Wildman–Crippen LogP) is 4.31. The molecule has 1 rings (SSSR count). The Bertz CT molecular complexity index is 124. The van der Waals surface area contributed by atoms with Crippen LogP contribution in [-0.2, 0) is 0 Å². The van der Waals surface area contributed by atoms with E-state index in [0.29, 0.717) is 0 Å². The molecule has 1 unspecified atom stereocenters. The van der Waals surface area contributed by atoms with Crippen LogP contribution in [0, 0.1) is 5.92 Å². The molecule has 0 heteroatoms. The van der Waals surface area contributed by atoms with Gasteiger partial charge in [-0.05, 0) is 25.2 Å². The lowest BCUT2D eigenvalue weighted by atomic mass is 10.00. The Labute approximate surface area is 77.1 Å². The topological polar surface area (TPSA) is 0 Å². The minimum atomic E-state index is 0.916. The van der Waals surface area contributed by atoms with Gasteiger partial charge in [-0.25, -0.2) is 0 Å². The summed E-state index contributed by atoms with van der Waals surface area (Å²) >= 11 is 0. The van der Waals surface area contributed by atoms with Gasteiger partial charge in [0.25, 0.3) is 0 Å². The van der Waals surface area contributed by atoms with Crippen LogP contribution in [0.5, 0.6) is 0 Å². The highest BCUT2D eigenvalue weighted by Gasteiger charge is 2.00. The van der Waals surface area contributed by atoms with Gasteiger partial charge < -0.3 is 0 Å². The van der Waals surface area contributed by atoms with E-state index in [1.54, 1.807) is 0 Å². The van der Waals surface area contributed by atoms with Crippen LogP contribution < -0.4 is 0 Å². The third kappa shape index (κ3) is 4.58. The molecule has 0 aliphatic heterocycles. The first-order valence-corrected chi connectivity index (χ1v) is 5.54. The number of allylic oxidation sites excluding steroid dienone is 2. The Hall–Kier alpha value is -0.260. The van der Waals surface area contributed by atoms with Gasteiger partial charge in [-0.15, -0.1) is 0 Å². The van der Waals surface area contributed by atoms with Gasteiger partial charge >= 0.3 is 0 Å². The maximum Gasteiger partial charge on any atom is -0.0325 e. The summed E-state index contributed by atoms with van der Waals surface area (Å²) in [4.78, 5) is 0. The molecule has 0 aromatic carbocycles. The van der Waals surface area contributed by atoms with Crippen molar-refractivity contribution in [3.63, 3.8) is 0 Å². The molecule has 12 heavy (non-hydrogen) atoms. The van der Waals surface area contributed by atoms with E-state index in [4.69, 9.17) is 0 Å². The molecule has 0 aromatic rings. The summed E-state index contributed by atoms with van der Waals surface area (Å²) in [5.74, 6) is 0.916. The molecule has 0 fully saturated rings. The third-order valence-electron chi connectivity index (χ3n) is 2.77. The van der Waals surface area contributed by atoms with Crippen molar-refractivity contribution in [2.45, 2.75) is 58.3 Å². The average Bonchev–Trinajstić information content (AvgIpc) is 2.11. The minimum absolute atomic E-state index is 0.916. The second-order valence-electron chi connectivity index (χ2n) is 4.16. The molecular weight excluding hydrogens is 144 g/mol. The fraction of sp³-hybridized carbons (Fsp3) is 0.833. The fourth-order valence-corrected chi connectivity index (χ4v) is 1.85. The third-order valence-corrected chi connectivity index (χ3v) is 2.77. The maximum atomic E-state index is 2.38. The molecule has 1 aliphatic carbocycles. The Balaban J connectivity index is 2.23. The molecule has 0 saturated heterocycles. The van der Waals surface area contributed by atoms with Crippen molar-refractivity contribution in [3.05, 3.63) is 12.2 Å². The SMILES string of the molecule is CC1CC=CCCCCCCC1. The van der Waals surface area contributed by atoms with Crippen molar-refractivity contribution in [2.24, 2.45) is 5.92 Å². The van der Waals surface area contributed by atoms with Crippen LogP contribution in [0.15, 0.2) is 12.2 Å². The first-order valence-electron chi connectivity index (χ1n) is 5.54. The molecule has 0 bridgehead atoms. The molecule has 0 saturated carbocycles. The Morgan fingerprint density at radius 1 is 0.917 bits per heavy atom. The van der Waals surface area contributed by atoms with E-state index >= 15 is 0 Å². The van der Waals surface area contributed by atoms with Gasteiger partial charge in [0.05, 0.1) is 0 Å². The van der Waals surface area contributed by atoms with Gasteiger partial charge in [-0.3, -0.25) is 0 Å². The van der Waals surface area contributed by atoms with Crippen molar-refractivity contribution in [2.75, 3.05) is 0 Å². The zero-order valence-corrected chi connectivity index (χ0v) is 8.39. The van der Waals surface area contributed by atoms with E-state index in [1.807, 2.05) is 0 Å². The van der Waals surface area contributed by atoms with Crippen LogP contribution >= 0.6 is 0 Å². The summed E-state index contributed by atoms with van der Waals surface area (Å²) < 4.78 is 0. The Morgan fingerprint density at radius 2 is 1.67 bits per heavy atom. The summed E-state index contributed by atoms with van der Waals surface area (Å²) in [6.45, 7) is 2.38. The summed E-state index contributed by atoms with van der Waals surface area (Å²) in [6.07, 6.45) is 16.0. The van der Waals surface area contributed by atoms with Crippen LogP contribution in [0.2, 0.25) is 0 Å². The Kier molecular flexibility index (Phi) is 5.14. The van der Waals surface area contributed by atoms with Gasteiger partial charge in [-0.2, -0.15) is 0 Å². The molecule has 0 N–H and O–H groups in total. The lowest BCUT2D eigenvalue weighted by Gasteiger charge is -2.06. The second kappa shape index (κ2) is 6.28. The van der Waals surface area contributed by atoms with E-state index in [1.165, 1.54) is 51.4 Å². The van der Waals surface area contributed by atoms with Crippen LogP contribution in [-0.4, -0.2) is 0 Å². The van der Waals surface area contributed by atoms with Crippen molar-refractivity contribution >= 4 is 0 Å². The molecule has 70 valence electrons. The van der Waals surface area contributed by atoms with Crippen molar-refractivity contribution < 1.29 is 0 Å². The monoisotopic (exact) mass is 166 g/mol. The summed E-state index contributed by atoms with van der Waals surface area (Å²) in [7, 11) is 0. The molecular formula is C12H22. The van der Waals surface area contributed by atoms with E-state index in [0.717, 1.165) is 5.92 Å². The first kappa shape index (κ1) is 9.83. The highest BCUT2D eigenvalue weighted by molar-refractivity contribution is 4.83. The summed E-state index contributed by atoms with van der Waals surface area (Å²) in [6, 6.07) is 0. The standard InChI is InChI=1S/C12H22/c1-12-10-8-6-4-2-3-5-7-9-11-12/h6,8,12H,2-5,7,9-11H2,1H3. The molecule has 0 aromatic heterocycles. The zero-order chi connectivity index (χ0) is 8.65.